The highest BCUT2D eigenvalue weighted by Crippen LogP contribution is 2.30. The van der Waals surface area contributed by atoms with Crippen LogP contribution in [-0.2, 0) is 9.84 Å². The Morgan fingerprint density at radius 1 is 1.18 bits per heavy atom. The lowest BCUT2D eigenvalue weighted by molar-refractivity contribution is 0.0751. The molecule has 8 nitrogen and oxygen atoms in total. The number of rotatable bonds is 3. The molecular formula is C18H18N4O4S2. The fourth-order valence-electron chi connectivity index (χ4n) is 3.44. The minimum Gasteiger partial charge on any atom is -0.366 e. The van der Waals surface area contributed by atoms with Gasteiger partial charge in [-0.3, -0.25) is 9.59 Å². The van der Waals surface area contributed by atoms with Crippen LogP contribution in [0.1, 0.15) is 9.67 Å². The number of anilines is 1. The zero-order chi connectivity index (χ0) is 19.9. The summed E-state index contributed by atoms with van der Waals surface area (Å²) < 4.78 is 24.7. The van der Waals surface area contributed by atoms with Crippen molar-refractivity contribution in [2.45, 2.75) is 4.90 Å². The van der Waals surface area contributed by atoms with Crippen molar-refractivity contribution in [3.05, 3.63) is 51.1 Å². The number of carbonyl (C=O) groups excluding carboxylic acids is 1. The highest BCUT2D eigenvalue weighted by atomic mass is 32.2. The molecule has 3 aromatic heterocycles. The predicted molar refractivity (Wildman–Crippen MR) is 108 cm³/mol. The molecule has 1 saturated heterocycles. The Balaban J connectivity index is 1.72. The van der Waals surface area contributed by atoms with Crippen LogP contribution in [0, 0.1) is 0 Å². The summed E-state index contributed by atoms with van der Waals surface area (Å²) in [6.45, 7) is 1.73. The van der Waals surface area contributed by atoms with E-state index in [4.69, 9.17) is 0 Å². The van der Waals surface area contributed by atoms with Gasteiger partial charge in [0.1, 0.15) is 5.65 Å². The van der Waals surface area contributed by atoms with Crippen LogP contribution in [0.15, 0.2) is 45.5 Å². The van der Waals surface area contributed by atoms with Crippen LogP contribution in [0.3, 0.4) is 0 Å². The van der Waals surface area contributed by atoms with Crippen LogP contribution < -0.4 is 10.5 Å². The van der Waals surface area contributed by atoms with Crippen molar-refractivity contribution in [3.8, 4) is 0 Å². The van der Waals surface area contributed by atoms with Crippen LogP contribution in [0.5, 0.6) is 0 Å². The largest absolute Gasteiger partial charge is 0.366 e. The minimum atomic E-state index is -3.76. The van der Waals surface area contributed by atoms with Crippen molar-refractivity contribution < 1.29 is 13.2 Å². The number of hydrogen-bond acceptors (Lipinski definition) is 7. The quantitative estimate of drug-likeness (QED) is 0.689. The van der Waals surface area contributed by atoms with Gasteiger partial charge in [0.15, 0.2) is 14.7 Å². The molecule has 0 aromatic carbocycles. The van der Waals surface area contributed by atoms with Crippen molar-refractivity contribution in [3.63, 3.8) is 0 Å². The zero-order valence-corrected chi connectivity index (χ0v) is 16.7. The van der Waals surface area contributed by atoms with E-state index in [9.17, 15) is 18.0 Å². The Labute approximate surface area is 165 Å². The normalized spacial score (nSPS) is 15.2. The fraction of sp³-hybridized carbons (Fsp3) is 0.278. The van der Waals surface area contributed by atoms with E-state index >= 15 is 0 Å². The molecule has 1 N–H and O–H groups in total. The number of pyridine rings is 2. The first-order valence-electron chi connectivity index (χ1n) is 8.65. The van der Waals surface area contributed by atoms with E-state index in [1.54, 1.807) is 29.3 Å². The van der Waals surface area contributed by atoms with Gasteiger partial charge in [-0.2, -0.15) is 0 Å². The van der Waals surface area contributed by atoms with Gasteiger partial charge in [-0.05, 0) is 23.6 Å². The van der Waals surface area contributed by atoms with Crippen LogP contribution in [0.25, 0.3) is 11.0 Å². The maximum atomic E-state index is 12.6. The number of carbonyl (C=O) groups is 1. The SMILES string of the molecule is CS(=O)(=O)c1c(N2CCN(C(=O)c3cccs3)CC2)c2cccnc2[nH]c1=O. The summed E-state index contributed by atoms with van der Waals surface area (Å²) in [7, 11) is -3.76. The second-order valence-corrected chi connectivity index (χ2v) is 9.46. The number of aromatic amines is 1. The number of H-pyrrole nitrogens is 1. The van der Waals surface area contributed by atoms with E-state index in [1.807, 2.05) is 16.3 Å². The molecule has 1 aliphatic heterocycles. The molecule has 3 aromatic rings. The van der Waals surface area contributed by atoms with E-state index in [0.29, 0.717) is 47.8 Å². The molecule has 10 heteroatoms. The van der Waals surface area contributed by atoms with Gasteiger partial charge in [0, 0.05) is 44.0 Å². The number of nitrogens with zero attached hydrogens (tertiary/aromatic N) is 3. The summed E-state index contributed by atoms with van der Waals surface area (Å²) in [5.74, 6) is -0.0320. The standard InChI is InChI=1S/C18H18N4O4S2/c1-28(25,26)15-14(12-4-2-6-19-16(12)20-17(15)23)21-7-9-22(10-8-21)18(24)13-5-3-11-27-13/h2-6,11H,7-10H2,1H3,(H,19,20,23). The van der Waals surface area contributed by atoms with Gasteiger partial charge in [0.2, 0.25) is 0 Å². The molecule has 0 spiro atoms. The zero-order valence-electron chi connectivity index (χ0n) is 15.1. The summed E-state index contributed by atoms with van der Waals surface area (Å²) in [5.41, 5.74) is 0.0188. The van der Waals surface area contributed by atoms with Gasteiger partial charge in [-0.1, -0.05) is 6.07 Å². The van der Waals surface area contributed by atoms with Crippen LogP contribution >= 0.6 is 11.3 Å². The number of hydrogen-bond donors (Lipinski definition) is 1. The molecule has 0 bridgehead atoms. The molecule has 1 fully saturated rings. The van der Waals surface area contributed by atoms with Gasteiger partial charge < -0.3 is 14.8 Å². The highest BCUT2D eigenvalue weighted by Gasteiger charge is 2.29. The van der Waals surface area contributed by atoms with E-state index in [0.717, 1.165) is 6.26 Å². The number of amides is 1. The average molecular weight is 419 g/mol. The molecule has 0 saturated carbocycles. The second kappa shape index (κ2) is 7.02. The Hall–Kier alpha value is -2.72. The monoisotopic (exact) mass is 418 g/mol. The molecule has 0 radical (unpaired) electrons. The molecule has 1 amide bonds. The van der Waals surface area contributed by atoms with Crippen molar-refractivity contribution in [1.82, 2.24) is 14.9 Å². The number of aromatic nitrogens is 2. The Morgan fingerprint density at radius 3 is 2.57 bits per heavy atom. The number of nitrogens with one attached hydrogen (secondary N) is 1. The number of thiophene rings is 1. The van der Waals surface area contributed by atoms with Gasteiger partial charge in [-0.15, -0.1) is 11.3 Å². The Bertz CT molecular complexity index is 1190. The molecule has 1 aliphatic rings. The van der Waals surface area contributed by atoms with Gasteiger partial charge >= 0.3 is 0 Å². The van der Waals surface area contributed by atoms with Crippen molar-refractivity contribution in [2.24, 2.45) is 0 Å². The van der Waals surface area contributed by atoms with E-state index in [1.165, 1.54) is 11.3 Å². The van der Waals surface area contributed by atoms with Crippen LogP contribution in [0.2, 0.25) is 0 Å². The third kappa shape index (κ3) is 3.29. The molecule has 4 heterocycles. The molecule has 0 unspecified atom stereocenters. The summed E-state index contributed by atoms with van der Waals surface area (Å²) >= 11 is 1.39. The maximum absolute atomic E-state index is 12.6. The van der Waals surface area contributed by atoms with E-state index < -0.39 is 15.4 Å². The van der Waals surface area contributed by atoms with Crippen molar-refractivity contribution >= 4 is 43.8 Å². The molecule has 146 valence electrons. The molecule has 0 aliphatic carbocycles. The van der Waals surface area contributed by atoms with Gasteiger partial charge in [0.25, 0.3) is 11.5 Å². The molecule has 0 atom stereocenters. The smallest absolute Gasteiger partial charge is 0.270 e. The first kappa shape index (κ1) is 18.6. The first-order valence-corrected chi connectivity index (χ1v) is 11.4. The maximum Gasteiger partial charge on any atom is 0.270 e. The molecule has 28 heavy (non-hydrogen) atoms. The lowest BCUT2D eigenvalue weighted by Gasteiger charge is -2.36. The van der Waals surface area contributed by atoms with Crippen LogP contribution in [-0.4, -0.2) is 61.6 Å². The van der Waals surface area contributed by atoms with Gasteiger partial charge in [-0.25, -0.2) is 13.4 Å². The summed E-state index contributed by atoms with van der Waals surface area (Å²) in [5, 5.41) is 2.43. The van der Waals surface area contributed by atoms with E-state index in [2.05, 4.69) is 9.97 Å². The summed E-state index contributed by atoms with van der Waals surface area (Å²) in [4.78, 5) is 35.8. The van der Waals surface area contributed by atoms with E-state index in [-0.39, 0.29) is 10.8 Å². The Morgan fingerprint density at radius 2 is 1.93 bits per heavy atom. The van der Waals surface area contributed by atoms with Crippen molar-refractivity contribution in [1.29, 1.82) is 0 Å². The lowest BCUT2D eigenvalue weighted by Crippen LogP contribution is -2.49. The summed E-state index contributed by atoms with van der Waals surface area (Å²) in [6.07, 6.45) is 2.57. The predicted octanol–water partition coefficient (Wildman–Crippen LogP) is 1.35. The number of fused-ring (bicyclic) bond motifs is 1. The topological polar surface area (TPSA) is 103 Å². The fourth-order valence-corrected chi connectivity index (χ4v) is 5.11. The number of piperazine rings is 1. The van der Waals surface area contributed by atoms with Crippen LogP contribution in [0.4, 0.5) is 5.69 Å². The third-order valence-electron chi connectivity index (χ3n) is 4.70. The second-order valence-electron chi connectivity index (χ2n) is 6.56. The summed E-state index contributed by atoms with van der Waals surface area (Å²) in [6, 6.07) is 7.07. The number of sulfone groups is 1. The molecular weight excluding hydrogens is 400 g/mol. The highest BCUT2D eigenvalue weighted by molar-refractivity contribution is 7.90. The Kier molecular flexibility index (Phi) is 4.68. The third-order valence-corrected chi connectivity index (χ3v) is 6.68. The van der Waals surface area contributed by atoms with Crippen molar-refractivity contribution in [2.75, 3.05) is 37.3 Å². The average Bonchev–Trinajstić information content (AvgIpc) is 3.20. The first-order chi connectivity index (χ1) is 13.4. The van der Waals surface area contributed by atoms with Gasteiger partial charge in [0.05, 0.1) is 10.6 Å². The molecule has 4 rings (SSSR count). The lowest BCUT2D eigenvalue weighted by atomic mass is 10.2. The minimum absolute atomic E-state index is 0.0320.